The van der Waals surface area contributed by atoms with Gasteiger partial charge in [0.05, 0.1) is 11.4 Å². The Balaban J connectivity index is 1.49. The Hall–Kier alpha value is -2.55. The predicted molar refractivity (Wildman–Crippen MR) is 97.7 cm³/mol. The van der Waals surface area contributed by atoms with Gasteiger partial charge in [0.25, 0.3) is 5.91 Å². The number of carbonyl (C=O) groups is 1. The van der Waals surface area contributed by atoms with Crippen LogP contribution < -0.4 is 10.1 Å². The molecule has 2 saturated heterocycles. The van der Waals surface area contributed by atoms with Crippen molar-refractivity contribution >= 4 is 5.91 Å². The van der Waals surface area contributed by atoms with Gasteiger partial charge in [-0.1, -0.05) is 5.21 Å². The zero-order valence-corrected chi connectivity index (χ0v) is 15.6. The van der Waals surface area contributed by atoms with E-state index < -0.39 is 6.61 Å². The number of benzene rings is 1. The molecule has 1 aromatic heterocycles. The van der Waals surface area contributed by atoms with Crippen molar-refractivity contribution < 1.29 is 18.3 Å². The maximum atomic E-state index is 13.0. The molecule has 7 nitrogen and oxygen atoms in total. The maximum Gasteiger partial charge on any atom is 0.387 e. The van der Waals surface area contributed by atoms with Crippen LogP contribution in [0.5, 0.6) is 5.75 Å². The maximum absolute atomic E-state index is 13.0. The normalized spacial score (nSPS) is 22.2. The van der Waals surface area contributed by atoms with Gasteiger partial charge in [-0.25, -0.2) is 4.68 Å². The van der Waals surface area contributed by atoms with Crippen LogP contribution in [0.4, 0.5) is 8.78 Å². The lowest BCUT2D eigenvalue weighted by molar-refractivity contribution is -0.0498. The number of rotatable bonds is 4. The third kappa shape index (κ3) is 3.71. The van der Waals surface area contributed by atoms with Crippen molar-refractivity contribution in [3.05, 3.63) is 35.7 Å². The van der Waals surface area contributed by atoms with Gasteiger partial charge in [0.1, 0.15) is 5.75 Å². The Kier molecular flexibility index (Phi) is 5.25. The molecule has 9 heteroatoms. The number of likely N-dealkylation sites (tertiary alicyclic amines) is 1. The molecule has 0 saturated carbocycles. The number of fused-ring (bicyclic) bond motifs is 1. The summed E-state index contributed by atoms with van der Waals surface area (Å²) in [5.41, 5.74) is 1.58. The largest absolute Gasteiger partial charge is 0.435 e. The van der Waals surface area contributed by atoms with Crippen LogP contribution in [0.2, 0.25) is 0 Å². The number of hydrogen-bond donors (Lipinski definition) is 1. The second-order valence-electron chi connectivity index (χ2n) is 7.36. The summed E-state index contributed by atoms with van der Waals surface area (Å²) in [4.78, 5) is 14.9. The van der Waals surface area contributed by atoms with E-state index in [2.05, 4.69) is 20.4 Å². The molecule has 4 rings (SSSR count). The molecular formula is C19H23F2N5O2. The molecule has 2 fully saturated rings. The highest BCUT2D eigenvalue weighted by Gasteiger charge is 2.33. The molecule has 0 bridgehead atoms. The van der Waals surface area contributed by atoms with Crippen molar-refractivity contribution in [3.63, 3.8) is 0 Å². The van der Waals surface area contributed by atoms with Crippen LogP contribution in [0.15, 0.2) is 24.3 Å². The summed E-state index contributed by atoms with van der Waals surface area (Å²) in [6, 6.07) is 6.08. The summed E-state index contributed by atoms with van der Waals surface area (Å²) in [5.74, 6) is 1.25. The molecule has 1 N–H and O–H groups in total. The predicted octanol–water partition coefficient (Wildman–Crippen LogP) is 2.25. The molecule has 0 radical (unpaired) electrons. The zero-order valence-electron chi connectivity index (χ0n) is 15.6. The molecule has 2 aliphatic heterocycles. The average molecular weight is 391 g/mol. The SMILES string of the molecule is Cc1c(C(=O)N2CC[C@@H]3CNC[C@@H]3CC2)nnn1-c1ccc(OC(F)F)cc1. The number of nitrogens with zero attached hydrogens (tertiary/aromatic N) is 4. The van der Waals surface area contributed by atoms with E-state index in [0.717, 1.165) is 39.0 Å². The van der Waals surface area contributed by atoms with Gasteiger partial charge in [-0.05, 0) is 69.0 Å². The van der Waals surface area contributed by atoms with Crippen LogP contribution in [0.25, 0.3) is 5.69 Å². The molecule has 0 aliphatic carbocycles. The van der Waals surface area contributed by atoms with Crippen LogP contribution in [-0.2, 0) is 0 Å². The first-order chi connectivity index (χ1) is 13.5. The van der Waals surface area contributed by atoms with E-state index in [1.54, 1.807) is 19.1 Å². The lowest BCUT2D eigenvalue weighted by atomic mass is 9.92. The monoisotopic (exact) mass is 391 g/mol. The van der Waals surface area contributed by atoms with Gasteiger partial charge in [0, 0.05) is 13.1 Å². The fourth-order valence-corrected chi connectivity index (χ4v) is 4.11. The smallest absolute Gasteiger partial charge is 0.387 e. The van der Waals surface area contributed by atoms with Crippen molar-refractivity contribution in [1.29, 1.82) is 0 Å². The first kappa shape index (κ1) is 18.8. The van der Waals surface area contributed by atoms with Crippen LogP contribution >= 0.6 is 0 Å². The second kappa shape index (κ2) is 7.83. The van der Waals surface area contributed by atoms with Crippen LogP contribution in [-0.4, -0.2) is 58.6 Å². The quantitative estimate of drug-likeness (QED) is 0.866. The standard InChI is InChI=1S/C19H23F2N5O2/c1-12-17(18(27)25-8-6-13-10-22-11-14(13)7-9-25)23-24-26(12)15-2-4-16(5-3-15)28-19(20)21/h2-5,13-14,19,22H,6-11H2,1H3/t13-,14+. The summed E-state index contributed by atoms with van der Waals surface area (Å²) in [5, 5.41) is 11.6. The Labute approximate surface area is 161 Å². The molecular weight excluding hydrogens is 368 g/mol. The molecule has 150 valence electrons. The van der Waals surface area contributed by atoms with Gasteiger partial charge in [0.2, 0.25) is 0 Å². The Bertz CT molecular complexity index is 825. The van der Waals surface area contributed by atoms with E-state index in [1.807, 2.05) is 4.90 Å². The fraction of sp³-hybridized carbons (Fsp3) is 0.526. The van der Waals surface area contributed by atoms with Gasteiger partial charge in [-0.15, -0.1) is 5.10 Å². The number of amides is 1. The summed E-state index contributed by atoms with van der Waals surface area (Å²) in [7, 11) is 0. The molecule has 1 amide bonds. The highest BCUT2D eigenvalue weighted by molar-refractivity contribution is 5.93. The number of halogens is 2. The minimum absolute atomic E-state index is 0.0671. The first-order valence-corrected chi connectivity index (χ1v) is 9.50. The molecule has 0 spiro atoms. The first-order valence-electron chi connectivity index (χ1n) is 9.50. The third-order valence-corrected chi connectivity index (χ3v) is 5.71. The van der Waals surface area contributed by atoms with Gasteiger partial charge < -0.3 is 15.0 Å². The number of ether oxygens (including phenoxy) is 1. The van der Waals surface area contributed by atoms with Crippen LogP contribution in [0, 0.1) is 18.8 Å². The third-order valence-electron chi connectivity index (χ3n) is 5.71. The van der Waals surface area contributed by atoms with Gasteiger partial charge in [-0.3, -0.25) is 4.79 Å². The Morgan fingerprint density at radius 3 is 2.43 bits per heavy atom. The highest BCUT2D eigenvalue weighted by Crippen LogP contribution is 2.28. The van der Waals surface area contributed by atoms with Crippen LogP contribution in [0.1, 0.15) is 29.0 Å². The van der Waals surface area contributed by atoms with E-state index in [1.165, 1.54) is 16.8 Å². The lowest BCUT2D eigenvalue weighted by Crippen LogP contribution is -2.33. The number of carbonyl (C=O) groups excluding carboxylic acids is 1. The van der Waals surface area contributed by atoms with E-state index in [-0.39, 0.29) is 11.7 Å². The number of nitrogens with one attached hydrogen (secondary N) is 1. The van der Waals surface area contributed by atoms with E-state index >= 15 is 0 Å². The molecule has 2 aliphatic rings. The van der Waals surface area contributed by atoms with Gasteiger partial charge >= 0.3 is 6.61 Å². The Morgan fingerprint density at radius 1 is 1.18 bits per heavy atom. The number of aromatic nitrogens is 3. The number of hydrogen-bond acceptors (Lipinski definition) is 5. The summed E-state index contributed by atoms with van der Waals surface area (Å²) in [6.07, 6.45) is 2.00. The van der Waals surface area contributed by atoms with E-state index in [9.17, 15) is 13.6 Å². The van der Waals surface area contributed by atoms with Crippen molar-refractivity contribution in [2.75, 3.05) is 26.2 Å². The molecule has 3 heterocycles. The second-order valence-corrected chi connectivity index (χ2v) is 7.36. The van der Waals surface area contributed by atoms with Crippen LogP contribution in [0.3, 0.4) is 0 Å². The minimum atomic E-state index is -2.87. The van der Waals surface area contributed by atoms with Crippen molar-refractivity contribution in [3.8, 4) is 11.4 Å². The molecule has 2 atom stereocenters. The van der Waals surface area contributed by atoms with E-state index in [0.29, 0.717) is 28.9 Å². The van der Waals surface area contributed by atoms with Gasteiger partial charge in [-0.2, -0.15) is 8.78 Å². The molecule has 28 heavy (non-hydrogen) atoms. The molecule has 0 unspecified atom stereocenters. The van der Waals surface area contributed by atoms with E-state index in [4.69, 9.17) is 0 Å². The molecule has 1 aromatic carbocycles. The van der Waals surface area contributed by atoms with Crippen molar-refractivity contribution in [2.45, 2.75) is 26.4 Å². The van der Waals surface area contributed by atoms with Gasteiger partial charge in [0.15, 0.2) is 5.69 Å². The minimum Gasteiger partial charge on any atom is -0.435 e. The summed E-state index contributed by atoms with van der Waals surface area (Å²) < 4.78 is 30.5. The highest BCUT2D eigenvalue weighted by atomic mass is 19.3. The summed E-state index contributed by atoms with van der Waals surface area (Å²) in [6.45, 7) is 2.45. The Morgan fingerprint density at radius 2 is 1.82 bits per heavy atom. The lowest BCUT2D eigenvalue weighted by Gasteiger charge is -2.20. The average Bonchev–Trinajstić information content (AvgIpc) is 3.23. The number of alkyl halides is 2. The zero-order chi connectivity index (χ0) is 19.7. The fourth-order valence-electron chi connectivity index (χ4n) is 4.11. The van der Waals surface area contributed by atoms with Crippen molar-refractivity contribution in [2.24, 2.45) is 11.8 Å². The van der Waals surface area contributed by atoms with Crippen molar-refractivity contribution in [1.82, 2.24) is 25.2 Å². The molecule has 2 aromatic rings. The summed E-state index contributed by atoms with van der Waals surface area (Å²) >= 11 is 0. The topological polar surface area (TPSA) is 72.3 Å².